The Labute approximate surface area is 145 Å². The van der Waals surface area contributed by atoms with Crippen LogP contribution in [0.25, 0.3) is 0 Å². The monoisotopic (exact) mass is 345 g/mol. The molecule has 2 N–H and O–H groups in total. The second-order valence-electron chi connectivity index (χ2n) is 5.95. The zero-order valence-electron chi connectivity index (χ0n) is 14.2. The molecule has 2 atom stereocenters. The molecule has 0 spiro atoms. The van der Waals surface area contributed by atoms with Crippen LogP contribution in [-0.4, -0.2) is 20.5 Å². The maximum atomic E-state index is 12.4. The molecule has 2 aromatic carbocycles. The molecule has 0 radical (unpaired) electrons. The highest BCUT2D eigenvalue weighted by atomic mass is 32.2. The molecular formula is C19H23NO3S. The van der Waals surface area contributed by atoms with Crippen LogP contribution in [0.5, 0.6) is 0 Å². The number of hydrogen-bond donors (Lipinski definition) is 2. The molecule has 0 aliphatic heterocycles. The van der Waals surface area contributed by atoms with Crippen molar-refractivity contribution >= 4 is 22.4 Å². The molecule has 0 aliphatic carbocycles. The fourth-order valence-corrected chi connectivity index (χ4v) is 3.41. The Morgan fingerprint density at radius 3 is 2.33 bits per heavy atom. The van der Waals surface area contributed by atoms with Crippen molar-refractivity contribution in [2.75, 3.05) is 5.32 Å². The van der Waals surface area contributed by atoms with E-state index in [0.717, 1.165) is 27.9 Å². The summed E-state index contributed by atoms with van der Waals surface area (Å²) < 4.78 is 12.4. The van der Waals surface area contributed by atoms with Crippen LogP contribution < -0.4 is 5.32 Å². The molecule has 128 valence electrons. The number of aliphatic hydroxyl groups excluding tert-OH is 1. The van der Waals surface area contributed by atoms with E-state index < -0.39 is 16.0 Å². The predicted molar refractivity (Wildman–Crippen MR) is 98.2 cm³/mol. The van der Waals surface area contributed by atoms with Gasteiger partial charge in [0.2, 0.25) is 5.91 Å². The van der Waals surface area contributed by atoms with Crippen molar-refractivity contribution in [3.05, 3.63) is 64.7 Å². The van der Waals surface area contributed by atoms with E-state index in [0.29, 0.717) is 5.75 Å². The van der Waals surface area contributed by atoms with Crippen LogP contribution >= 0.6 is 0 Å². The lowest BCUT2D eigenvalue weighted by Gasteiger charge is -2.14. The van der Waals surface area contributed by atoms with E-state index in [4.69, 9.17) is 5.11 Å². The second kappa shape index (κ2) is 8.22. The van der Waals surface area contributed by atoms with Gasteiger partial charge in [-0.05, 0) is 43.5 Å². The number of carbonyl (C=O) groups is 1. The third kappa shape index (κ3) is 4.76. The molecule has 0 heterocycles. The highest BCUT2D eigenvalue weighted by Crippen LogP contribution is 2.17. The molecule has 4 nitrogen and oxygen atoms in total. The van der Waals surface area contributed by atoms with Crippen molar-refractivity contribution in [2.24, 2.45) is 0 Å². The lowest BCUT2D eigenvalue weighted by Crippen LogP contribution is -2.30. The summed E-state index contributed by atoms with van der Waals surface area (Å²) in [4.78, 5) is 12.3. The van der Waals surface area contributed by atoms with E-state index in [1.165, 1.54) is 0 Å². The summed E-state index contributed by atoms with van der Waals surface area (Å²) in [5.41, 5.74) is 4.57. The zero-order valence-corrected chi connectivity index (χ0v) is 15.0. The minimum absolute atomic E-state index is 0.0158. The molecule has 0 bridgehead atoms. The van der Waals surface area contributed by atoms with Crippen molar-refractivity contribution in [3.63, 3.8) is 0 Å². The van der Waals surface area contributed by atoms with Crippen molar-refractivity contribution in [1.29, 1.82) is 0 Å². The van der Waals surface area contributed by atoms with E-state index >= 15 is 0 Å². The Bertz CT molecular complexity index is 741. The number of benzene rings is 2. The Balaban J connectivity index is 1.99. The zero-order chi connectivity index (χ0) is 17.7. The first-order valence-electron chi connectivity index (χ1n) is 7.84. The number of nitrogens with one attached hydrogen (secondary N) is 1. The molecule has 5 heteroatoms. The third-order valence-corrected chi connectivity index (χ3v) is 5.54. The first-order chi connectivity index (χ1) is 11.4. The number of hydrogen-bond acceptors (Lipinski definition) is 3. The average Bonchev–Trinajstić information content (AvgIpc) is 2.57. The van der Waals surface area contributed by atoms with Crippen molar-refractivity contribution in [3.8, 4) is 0 Å². The summed E-state index contributed by atoms with van der Waals surface area (Å²) in [6.45, 7) is 5.60. The largest absolute Gasteiger partial charge is 0.392 e. The van der Waals surface area contributed by atoms with Crippen molar-refractivity contribution < 1.29 is 14.1 Å². The van der Waals surface area contributed by atoms with Gasteiger partial charge in [-0.25, -0.2) is 0 Å². The maximum absolute atomic E-state index is 12.4. The molecule has 24 heavy (non-hydrogen) atoms. The van der Waals surface area contributed by atoms with Gasteiger partial charge in [-0.2, -0.15) is 0 Å². The molecule has 0 aromatic heterocycles. The lowest BCUT2D eigenvalue weighted by molar-refractivity contribution is -0.115. The molecule has 0 fully saturated rings. The van der Waals surface area contributed by atoms with Gasteiger partial charge in [0.25, 0.3) is 0 Å². The third-order valence-electron chi connectivity index (χ3n) is 3.92. The quantitative estimate of drug-likeness (QED) is 0.845. The Kier molecular flexibility index (Phi) is 6.29. The highest BCUT2D eigenvalue weighted by Gasteiger charge is 2.20. The van der Waals surface area contributed by atoms with Crippen LogP contribution in [0, 0.1) is 13.8 Å². The van der Waals surface area contributed by atoms with E-state index in [1.54, 1.807) is 19.1 Å². The fraction of sp³-hybridized carbons (Fsp3) is 0.316. The van der Waals surface area contributed by atoms with Crippen molar-refractivity contribution in [1.82, 2.24) is 0 Å². The van der Waals surface area contributed by atoms with Gasteiger partial charge in [0.05, 0.1) is 6.61 Å². The average molecular weight is 345 g/mol. The van der Waals surface area contributed by atoms with E-state index in [1.807, 2.05) is 44.2 Å². The molecule has 0 aliphatic rings. The number of amides is 1. The number of aliphatic hydroxyl groups is 1. The number of aryl methyl sites for hydroxylation is 2. The minimum Gasteiger partial charge on any atom is -0.392 e. The summed E-state index contributed by atoms with van der Waals surface area (Å²) >= 11 is 0. The number of carbonyl (C=O) groups excluding carboxylic acids is 1. The first kappa shape index (κ1) is 18.4. The second-order valence-corrected chi connectivity index (χ2v) is 7.71. The minimum atomic E-state index is -1.31. The molecule has 0 saturated heterocycles. The summed E-state index contributed by atoms with van der Waals surface area (Å²) in [7, 11) is -1.31. The molecular weight excluding hydrogens is 322 g/mol. The summed E-state index contributed by atoms with van der Waals surface area (Å²) in [5.74, 6) is 0.0694. The highest BCUT2D eigenvalue weighted by molar-refractivity contribution is 7.85. The van der Waals surface area contributed by atoms with Gasteiger partial charge < -0.3 is 10.4 Å². The standard InChI is InChI=1S/C19H23NO3S/c1-13-4-9-18(14(2)10-13)20-19(22)15(3)24(23)12-17-7-5-16(11-21)6-8-17/h4-10,15,21H,11-12H2,1-3H3,(H,20,22). The molecule has 2 rings (SSSR count). The van der Waals surface area contributed by atoms with Crippen LogP contribution in [-0.2, 0) is 28.0 Å². The molecule has 2 unspecified atom stereocenters. The van der Waals surface area contributed by atoms with Gasteiger partial charge in [0.1, 0.15) is 5.25 Å². The van der Waals surface area contributed by atoms with E-state index in [9.17, 15) is 9.00 Å². The summed E-state index contributed by atoms with van der Waals surface area (Å²) in [5, 5.41) is 11.3. The SMILES string of the molecule is Cc1ccc(NC(=O)C(C)S(=O)Cc2ccc(CO)cc2)c(C)c1. The topological polar surface area (TPSA) is 66.4 Å². The number of rotatable bonds is 6. The van der Waals surface area contributed by atoms with Gasteiger partial charge in [-0.1, -0.05) is 42.0 Å². The Morgan fingerprint density at radius 1 is 1.12 bits per heavy atom. The van der Waals surface area contributed by atoms with Crippen LogP contribution in [0.3, 0.4) is 0 Å². The van der Waals surface area contributed by atoms with Crippen LogP contribution in [0.15, 0.2) is 42.5 Å². The smallest absolute Gasteiger partial charge is 0.239 e. The molecule has 0 saturated carbocycles. The fourth-order valence-electron chi connectivity index (χ4n) is 2.34. The van der Waals surface area contributed by atoms with Gasteiger partial charge in [-0.3, -0.25) is 9.00 Å². The summed E-state index contributed by atoms with van der Waals surface area (Å²) in [6, 6.07) is 13.1. The van der Waals surface area contributed by atoms with Gasteiger partial charge in [-0.15, -0.1) is 0 Å². The number of anilines is 1. The van der Waals surface area contributed by atoms with Gasteiger partial charge >= 0.3 is 0 Å². The molecule has 1 amide bonds. The van der Waals surface area contributed by atoms with Crippen LogP contribution in [0.2, 0.25) is 0 Å². The van der Waals surface area contributed by atoms with Gasteiger partial charge in [0.15, 0.2) is 0 Å². The van der Waals surface area contributed by atoms with E-state index in [2.05, 4.69) is 5.32 Å². The summed E-state index contributed by atoms with van der Waals surface area (Å²) in [6.07, 6.45) is 0. The normalized spacial score (nSPS) is 13.3. The van der Waals surface area contributed by atoms with Crippen LogP contribution in [0.4, 0.5) is 5.69 Å². The van der Waals surface area contributed by atoms with Gasteiger partial charge in [0, 0.05) is 22.2 Å². The van der Waals surface area contributed by atoms with Crippen molar-refractivity contribution in [2.45, 2.75) is 38.4 Å². The predicted octanol–water partition coefficient (Wildman–Crippen LogP) is 3.07. The molecule has 2 aromatic rings. The Hall–Kier alpha value is -1.98. The van der Waals surface area contributed by atoms with Crippen LogP contribution in [0.1, 0.15) is 29.2 Å². The Morgan fingerprint density at radius 2 is 1.75 bits per heavy atom. The van der Waals surface area contributed by atoms with E-state index in [-0.39, 0.29) is 12.5 Å². The maximum Gasteiger partial charge on any atom is 0.239 e. The lowest BCUT2D eigenvalue weighted by atomic mass is 10.1. The first-order valence-corrected chi connectivity index (χ1v) is 9.23.